The number of carbonyl (C=O) groups is 1. The molecule has 5 nitrogen and oxygen atoms in total. The van der Waals surface area contributed by atoms with E-state index in [1.165, 1.54) is 14.2 Å². The summed E-state index contributed by atoms with van der Waals surface area (Å²) in [4.78, 5) is 17.6. The van der Waals surface area contributed by atoms with Crippen molar-refractivity contribution in [3.8, 4) is 11.5 Å². The number of nitrogens with one attached hydrogen (secondary N) is 1. The molecule has 0 radical (unpaired) electrons. The standard InChI is InChI=1S/C14H16N2O3S/c1-9-7-15-12(20-9)8-16-14(17)13-10(18-2)5-4-6-11(13)19-3/h4-7H,8H2,1-3H3,(H,16,17). The monoisotopic (exact) mass is 292 g/mol. The molecule has 1 amide bonds. The Morgan fingerprint density at radius 1 is 1.30 bits per heavy atom. The van der Waals surface area contributed by atoms with E-state index in [2.05, 4.69) is 10.3 Å². The highest BCUT2D eigenvalue weighted by Gasteiger charge is 2.18. The lowest BCUT2D eigenvalue weighted by atomic mass is 10.1. The molecule has 0 unspecified atom stereocenters. The summed E-state index contributed by atoms with van der Waals surface area (Å²) in [6.45, 7) is 2.37. The molecule has 0 aliphatic rings. The van der Waals surface area contributed by atoms with E-state index in [1.807, 2.05) is 6.92 Å². The average Bonchev–Trinajstić information content (AvgIpc) is 2.89. The number of amides is 1. The van der Waals surface area contributed by atoms with Crippen molar-refractivity contribution in [1.82, 2.24) is 10.3 Å². The summed E-state index contributed by atoms with van der Waals surface area (Å²) < 4.78 is 10.4. The van der Waals surface area contributed by atoms with Crippen molar-refractivity contribution in [2.75, 3.05) is 14.2 Å². The fraction of sp³-hybridized carbons (Fsp3) is 0.286. The average molecular weight is 292 g/mol. The van der Waals surface area contributed by atoms with Crippen LogP contribution in [0.3, 0.4) is 0 Å². The summed E-state index contributed by atoms with van der Waals surface area (Å²) in [5, 5.41) is 3.69. The molecule has 1 heterocycles. The zero-order valence-corrected chi connectivity index (χ0v) is 12.4. The zero-order chi connectivity index (χ0) is 14.5. The fourth-order valence-corrected chi connectivity index (χ4v) is 2.53. The lowest BCUT2D eigenvalue weighted by molar-refractivity contribution is 0.0944. The quantitative estimate of drug-likeness (QED) is 0.919. The molecule has 0 saturated heterocycles. The van der Waals surface area contributed by atoms with E-state index < -0.39 is 0 Å². The van der Waals surface area contributed by atoms with Crippen LogP contribution in [0.25, 0.3) is 0 Å². The summed E-state index contributed by atoms with van der Waals surface area (Å²) in [5.74, 6) is 0.724. The van der Waals surface area contributed by atoms with Gasteiger partial charge >= 0.3 is 0 Å². The van der Waals surface area contributed by atoms with E-state index in [9.17, 15) is 4.79 Å². The van der Waals surface area contributed by atoms with Gasteiger partial charge in [0.15, 0.2) is 0 Å². The predicted molar refractivity (Wildman–Crippen MR) is 77.6 cm³/mol. The number of aromatic nitrogens is 1. The van der Waals surface area contributed by atoms with E-state index in [4.69, 9.17) is 9.47 Å². The van der Waals surface area contributed by atoms with Gasteiger partial charge in [-0.25, -0.2) is 4.98 Å². The summed E-state index contributed by atoms with van der Waals surface area (Å²) >= 11 is 1.56. The molecule has 6 heteroatoms. The number of thiazole rings is 1. The molecule has 0 atom stereocenters. The van der Waals surface area contributed by atoms with Crippen LogP contribution in [0.5, 0.6) is 11.5 Å². The van der Waals surface area contributed by atoms with Gasteiger partial charge in [0.05, 0.1) is 20.8 Å². The molecule has 0 saturated carbocycles. The Bertz CT molecular complexity index is 588. The zero-order valence-electron chi connectivity index (χ0n) is 11.6. The molecule has 106 valence electrons. The highest BCUT2D eigenvalue weighted by atomic mass is 32.1. The first-order chi connectivity index (χ1) is 9.65. The minimum atomic E-state index is -0.243. The van der Waals surface area contributed by atoms with E-state index in [-0.39, 0.29) is 5.91 Å². The van der Waals surface area contributed by atoms with Crippen LogP contribution >= 0.6 is 11.3 Å². The van der Waals surface area contributed by atoms with Gasteiger partial charge in [0.25, 0.3) is 5.91 Å². The molecule has 0 aliphatic carbocycles. The van der Waals surface area contributed by atoms with Crippen LogP contribution in [0.2, 0.25) is 0 Å². The SMILES string of the molecule is COc1cccc(OC)c1C(=O)NCc1ncc(C)s1. The van der Waals surface area contributed by atoms with E-state index in [0.717, 1.165) is 9.88 Å². The first-order valence-corrected chi connectivity index (χ1v) is 6.88. The molecule has 20 heavy (non-hydrogen) atoms. The van der Waals surface area contributed by atoms with Crippen LogP contribution in [0.1, 0.15) is 20.2 Å². The van der Waals surface area contributed by atoms with Crippen molar-refractivity contribution in [3.63, 3.8) is 0 Å². The molecular formula is C14H16N2O3S. The number of rotatable bonds is 5. The lowest BCUT2D eigenvalue weighted by Gasteiger charge is -2.12. The lowest BCUT2D eigenvalue weighted by Crippen LogP contribution is -2.23. The van der Waals surface area contributed by atoms with Crippen molar-refractivity contribution < 1.29 is 14.3 Å². The van der Waals surface area contributed by atoms with Crippen LogP contribution in [0, 0.1) is 6.92 Å². The first-order valence-electron chi connectivity index (χ1n) is 6.06. The van der Waals surface area contributed by atoms with Gasteiger partial charge in [0.2, 0.25) is 0 Å². The molecule has 1 aromatic heterocycles. The largest absolute Gasteiger partial charge is 0.496 e. The normalized spacial score (nSPS) is 10.2. The second-order valence-electron chi connectivity index (χ2n) is 4.08. The number of carbonyl (C=O) groups excluding carboxylic acids is 1. The Morgan fingerprint density at radius 3 is 2.45 bits per heavy atom. The molecule has 2 aromatic rings. The number of benzene rings is 1. The maximum Gasteiger partial charge on any atom is 0.259 e. The highest BCUT2D eigenvalue weighted by molar-refractivity contribution is 7.11. The number of aryl methyl sites for hydroxylation is 1. The van der Waals surface area contributed by atoms with Gasteiger partial charge < -0.3 is 14.8 Å². The maximum atomic E-state index is 12.3. The first kappa shape index (κ1) is 14.3. The van der Waals surface area contributed by atoms with Gasteiger partial charge in [-0.3, -0.25) is 4.79 Å². The van der Waals surface area contributed by atoms with Crippen LogP contribution in [0.4, 0.5) is 0 Å². The molecule has 1 aromatic carbocycles. The van der Waals surface area contributed by atoms with E-state index in [1.54, 1.807) is 35.7 Å². The smallest absolute Gasteiger partial charge is 0.259 e. The molecule has 0 bridgehead atoms. The Balaban J connectivity index is 2.16. The molecule has 0 spiro atoms. The van der Waals surface area contributed by atoms with Gasteiger partial charge in [0, 0.05) is 11.1 Å². The number of hydrogen-bond acceptors (Lipinski definition) is 5. The Morgan fingerprint density at radius 2 is 1.95 bits per heavy atom. The number of nitrogens with zero attached hydrogens (tertiary/aromatic N) is 1. The van der Waals surface area contributed by atoms with Crippen LogP contribution in [-0.4, -0.2) is 25.1 Å². The van der Waals surface area contributed by atoms with E-state index >= 15 is 0 Å². The molecule has 0 fully saturated rings. The second kappa shape index (κ2) is 6.38. The second-order valence-corrected chi connectivity index (χ2v) is 5.40. The Kier molecular flexibility index (Phi) is 4.57. The molecule has 0 aliphatic heterocycles. The van der Waals surface area contributed by atoms with Gasteiger partial charge in [-0.05, 0) is 19.1 Å². The summed E-state index contributed by atoms with van der Waals surface area (Å²) in [6.07, 6.45) is 1.79. The predicted octanol–water partition coefficient (Wildman–Crippen LogP) is 2.40. The van der Waals surface area contributed by atoms with E-state index in [0.29, 0.717) is 23.6 Å². The van der Waals surface area contributed by atoms with Crippen molar-refractivity contribution in [2.45, 2.75) is 13.5 Å². The summed E-state index contributed by atoms with van der Waals surface area (Å²) in [7, 11) is 3.05. The maximum absolute atomic E-state index is 12.3. The summed E-state index contributed by atoms with van der Waals surface area (Å²) in [6, 6.07) is 5.23. The minimum absolute atomic E-state index is 0.243. The number of methoxy groups -OCH3 is 2. The van der Waals surface area contributed by atoms with Crippen LogP contribution in [0.15, 0.2) is 24.4 Å². The molecule has 1 N–H and O–H groups in total. The van der Waals surface area contributed by atoms with Gasteiger partial charge in [-0.1, -0.05) is 6.07 Å². The van der Waals surface area contributed by atoms with Crippen molar-refractivity contribution in [3.05, 3.63) is 39.8 Å². The number of ether oxygens (including phenoxy) is 2. The van der Waals surface area contributed by atoms with Crippen LogP contribution < -0.4 is 14.8 Å². The Labute approximate surface area is 121 Å². The summed E-state index contributed by atoms with van der Waals surface area (Å²) in [5.41, 5.74) is 0.394. The third kappa shape index (κ3) is 3.08. The van der Waals surface area contributed by atoms with Gasteiger partial charge in [0.1, 0.15) is 22.1 Å². The van der Waals surface area contributed by atoms with Gasteiger partial charge in [-0.2, -0.15) is 0 Å². The minimum Gasteiger partial charge on any atom is -0.496 e. The van der Waals surface area contributed by atoms with Crippen LogP contribution in [-0.2, 0) is 6.54 Å². The Hall–Kier alpha value is -2.08. The number of hydrogen-bond donors (Lipinski definition) is 1. The van der Waals surface area contributed by atoms with Gasteiger partial charge in [-0.15, -0.1) is 11.3 Å². The fourth-order valence-electron chi connectivity index (χ4n) is 1.80. The van der Waals surface area contributed by atoms with Crippen molar-refractivity contribution in [1.29, 1.82) is 0 Å². The molecular weight excluding hydrogens is 276 g/mol. The third-order valence-corrected chi connectivity index (χ3v) is 3.64. The topological polar surface area (TPSA) is 60.5 Å². The van der Waals surface area contributed by atoms with Crippen molar-refractivity contribution in [2.24, 2.45) is 0 Å². The van der Waals surface area contributed by atoms with Crippen molar-refractivity contribution >= 4 is 17.2 Å². The highest BCUT2D eigenvalue weighted by Crippen LogP contribution is 2.28. The molecule has 2 rings (SSSR count). The third-order valence-electron chi connectivity index (χ3n) is 2.72.